The van der Waals surface area contributed by atoms with Crippen LogP contribution in [0.4, 0.5) is 5.69 Å². The second-order valence-corrected chi connectivity index (χ2v) is 6.90. The first kappa shape index (κ1) is 18.2. The highest BCUT2D eigenvalue weighted by Crippen LogP contribution is 2.23. The summed E-state index contributed by atoms with van der Waals surface area (Å²) in [4.78, 5) is 29.8. The lowest BCUT2D eigenvalue weighted by Gasteiger charge is -2.34. The van der Waals surface area contributed by atoms with Gasteiger partial charge in [-0.25, -0.2) is 0 Å². The molecule has 0 unspecified atom stereocenters. The van der Waals surface area contributed by atoms with Gasteiger partial charge < -0.3 is 15.0 Å². The molecule has 1 aliphatic heterocycles. The van der Waals surface area contributed by atoms with Crippen molar-refractivity contribution in [3.8, 4) is 0 Å². The number of ether oxygens (including phenoxy) is 1. The molecule has 1 aromatic heterocycles. The summed E-state index contributed by atoms with van der Waals surface area (Å²) in [6.45, 7) is 9.08. The minimum atomic E-state index is -1.12. The number of nitrogens with zero attached hydrogens (tertiary/aromatic N) is 2. The fourth-order valence-corrected chi connectivity index (χ4v) is 2.98. The molecule has 6 heteroatoms. The minimum absolute atomic E-state index is 0.245. The van der Waals surface area contributed by atoms with Crippen LogP contribution in [0, 0.1) is 12.8 Å². The zero-order chi connectivity index (χ0) is 17.7. The Morgan fingerprint density at radius 2 is 2.04 bits per heavy atom. The summed E-state index contributed by atoms with van der Waals surface area (Å²) >= 11 is 0. The van der Waals surface area contributed by atoms with Gasteiger partial charge in [-0.15, -0.1) is 0 Å². The third-order valence-corrected chi connectivity index (χ3v) is 4.36. The lowest BCUT2D eigenvalue weighted by molar-refractivity contribution is -0.163. The molecule has 6 nitrogen and oxygen atoms in total. The Kier molecular flexibility index (Phi) is 5.80. The molecule has 0 bridgehead atoms. The number of hydrogen-bond acceptors (Lipinski definition) is 5. The van der Waals surface area contributed by atoms with Crippen LogP contribution in [0.2, 0.25) is 0 Å². The van der Waals surface area contributed by atoms with Crippen molar-refractivity contribution in [2.75, 3.05) is 24.5 Å². The topological polar surface area (TPSA) is 71.5 Å². The molecule has 0 spiro atoms. The maximum atomic E-state index is 12.2. The second-order valence-electron chi connectivity index (χ2n) is 6.90. The first-order valence-electron chi connectivity index (χ1n) is 8.43. The monoisotopic (exact) mass is 333 g/mol. The number of carbonyl (C=O) groups excluding carboxylic acids is 2. The first-order chi connectivity index (χ1) is 11.3. The lowest BCUT2D eigenvalue weighted by atomic mass is 9.96. The third-order valence-electron chi connectivity index (χ3n) is 4.36. The summed E-state index contributed by atoms with van der Waals surface area (Å²) < 4.78 is 5.06. The number of pyridine rings is 1. The standard InChI is InChI=1S/C18H27N3O3/c1-13-11-16(5-8-19-13)21-9-6-15(7-10-21)12-20-17(23)18(3,4)24-14(2)22/h5,8,11,15H,6-7,9-10,12H2,1-4H3,(H,20,23). The first-order valence-corrected chi connectivity index (χ1v) is 8.43. The zero-order valence-corrected chi connectivity index (χ0v) is 15.0. The number of hydrogen-bond donors (Lipinski definition) is 1. The van der Waals surface area contributed by atoms with Crippen LogP contribution in [0.3, 0.4) is 0 Å². The average molecular weight is 333 g/mol. The van der Waals surface area contributed by atoms with E-state index in [2.05, 4.69) is 21.3 Å². The number of rotatable bonds is 5. The molecule has 0 radical (unpaired) electrons. The molecule has 0 aromatic carbocycles. The summed E-state index contributed by atoms with van der Waals surface area (Å²) in [7, 11) is 0. The van der Waals surface area contributed by atoms with Crippen molar-refractivity contribution in [3.05, 3.63) is 24.0 Å². The van der Waals surface area contributed by atoms with E-state index in [1.165, 1.54) is 12.6 Å². The smallest absolute Gasteiger partial charge is 0.303 e. The highest BCUT2D eigenvalue weighted by molar-refractivity contribution is 5.86. The van der Waals surface area contributed by atoms with Gasteiger partial charge in [-0.05, 0) is 51.7 Å². The van der Waals surface area contributed by atoms with Crippen LogP contribution < -0.4 is 10.2 Å². The van der Waals surface area contributed by atoms with Crippen molar-refractivity contribution in [2.24, 2.45) is 5.92 Å². The highest BCUT2D eigenvalue weighted by Gasteiger charge is 2.31. The Morgan fingerprint density at radius 3 is 2.62 bits per heavy atom. The number of nitrogens with one attached hydrogen (secondary N) is 1. The predicted molar refractivity (Wildman–Crippen MR) is 92.8 cm³/mol. The Morgan fingerprint density at radius 1 is 1.38 bits per heavy atom. The maximum absolute atomic E-state index is 12.2. The quantitative estimate of drug-likeness (QED) is 0.835. The van der Waals surface area contributed by atoms with Gasteiger partial charge in [0.25, 0.3) is 5.91 Å². The molecular formula is C18H27N3O3. The summed E-state index contributed by atoms with van der Waals surface area (Å²) in [6.07, 6.45) is 3.89. The van der Waals surface area contributed by atoms with Crippen LogP contribution in [0.25, 0.3) is 0 Å². The molecule has 1 N–H and O–H groups in total. The van der Waals surface area contributed by atoms with E-state index in [4.69, 9.17) is 4.74 Å². The summed E-state index contributed by atoms with van der Waals surface area (Å²) in [5.74, 6) is -0.248. The van der Waals surface area contributed by atoms with Gasteiger partial charge in [-0.1, -0.05) is 0 Å². The highest BCUT2D eigenvalue weighted by atomic mass is 16.6. The molecule has 2 heterocycles. The molecule has 0 atom stereocenters. The molecule has 1 aliphatic rings. The molecule has 0 saturated carbocycles. The summed E-state index contributed by atoms with van der Waals surface area (Å²) in [5.41, 5.74) is 1.11. The van der Waals surface area contributed by atoms with Crippen molar-refractivity contribution in [1.82, 2.24) is 10.3 Å². The van der Waals surface area contributed by atoms with E-state index >= 15 is 0 Å². The van der Waals surface area contributed by atoms with Gasteiger partial charge >= 0.3 is 5.97 Å². The molecular weight excluding hydrogens is 306 g/mol. The van der Waals surface area contributed by atoms with Gasteiger partial charge in [0, 0.05) is 44.1 Å². The van der Waals surface area contributed by atoms with E-state index in [1.807, 2.05) is 19.2 Å². The van der Waals surface area contributed by atoms with Crippen molar-refractivity contribution in [3.63, 3.8) is 0 Å². The normalized spacial score (nSPS) is 15.9. The fourth-order valence-electron chi connectivity index (χ4n) is 2.98. The summed E-state index contributed by atoms with van der Waals surface area (Å²) in [5, 5.41) is 2.92. The minimum Gasteiger partial charge on any atom is -0.450 e. The Bertz CT molecular complexity index is 593. The molecule has 0 aliphatic carbocycles. The van der Waals surface area contributed by atoms with E-state index in [1.54, 1.807) is 13.8 Å². The molecule has 1 fully saturated rings. The number of carbonyl (C=O) groups is 2. The molecule has 1 amide bonds. The lowest BCUT2D eigenvalue weighted by Crippen LogP contribution is -2.47. The molecule has 1 saturated heterocycles. The summed E-state index contributed by atoms with van der Waals surface area (Å²) in [6, 6.07) is 4.14. The van der Waals surface area contributed by atoms with E-state index in [0.29, 0.717) is 12.5 Å². The van der Waals surface area contributed by atoms with Crippen LogP contribution in [0.1, 0.15) is 39.3 Å². The van der Waals surface area contributed by atoms with Crippen LogP contribution in [0.15, 0.2) is 18.3 Å². The average Bonchev–Trinajstić information content (AvgIpc) is 2.52. The van der Waals surface area contributed by atoms with Crippen LogP contribution >= 0.6 is 0 Å². The number of anilines is 1. The zero-order valence-electron chi connectivity index (χ0n) is 15.0. The Labute approximate surface area is 143 Å². The molecule has 1 aromatic rings. The maximum Gasteiger partial charge on any atom is 0.303 e. The van der Waals surface area contributed by atoms with Crippen LogP contribution in [-0.4, -0.2) is 42.1 Å². The number of amides is 1. The van der Waals surface area contributed by atoms with Crippen LogP contribution in [0.5, 0.6) is 0 Å². The molecule has 2 rings (SSSR count). The Hall–Kier alpha value is -2.11. The number of aromatic nitrogens is 1. The van der Waals surface area contributed by atoms with E-state index < -0.39 is 11.6 Å². The number of piperidine rings is 1. The molecule has 132 valence electrons. The van der Waals surface area contributed by atoms with E-state index in [-0.39, 0.29) is 5.91 Å². The van der Waals surface area contributed by atoms with Crippen LogP contribution in [-0.2, 0) is 14.3 Å². The van der Waals surface area contributed by atoms with Gasteiger partial charge in [-0.2, -0.15) is 0 Å². The van der Waals surface area contributed by atoms with Gasteiger partial charge in [0.1, 0.15) is 0 Å². The number of aryl methyl sites for hydroxylation is 1. The van der Waals surface area contributed by atoms with Gasteiger partial charge in [0.05, 0.1) is 0 Å². The van der Waals surface area contributed by atoms with Crippen molar-refractivity contribution >= 4 is 17.6 Å². The largest absolute Gasteiger partial charge is 0.450 e. The van der Waals surface area contributed by atoms with Gasteiger partial charge in [0.2, 0.25) is 0 Å². The van der Waals surface area contributed by atoms with E-state index in [0.717, 1.165) is 31.6 Å². The SMILES string of the molecule is CC(=O)OC(C)(C)C(=O)NCC1CCN(c2ccnc(C)c2)CC1. The fraction of sp³-hybridized carbons (Fsp3) is 0.611. The van der Waals surface area contributed by atoms with E-state index in [9.17, 15) is 9.59 Å². The Balaban J connectivity index is 1.79. The van der Waals surface area contributed by atoms with Crippen molar-refractivity contribution < 1.29 is 14.3 Å². The van der Waals surface area contributed by atoms with Crippen molar-refractivity contribution in [1.29, 1.82) is 0 Å². The van der Waals surface area contributed by atoms with Gasteiger partial charge in [0.15, 0.2) is 5.60 Å². The number of esters is 1. The third kappa shape index (κ3) is 4.94. The van der Waals surface area contributed by atoms with Gasteiger partial charge in [-0.3, -0.25) is 14.6 Å². The second kappa shape index (κ2) is 7.64. The molecule has 24 heavy (non-hydrogen) atoms. The van der Waals surface area contributed by atoms with Crippen molar-refractivity contribution in [2.45, 2.75) is 46.1 Å². The predicted octanol–water partition coefficient (Wildman–Crippen LogP) is 2.06.